The first-order valence-electron chi connectivity index (χ1n) is 17.7. The number of ketones is 1. The van der Waals surface area contributed by atoms with Gasteiger partial charge in [0.1, 0.15) is 17.2 Å². The summed E-state index contributed by atoms with van der Waals surface area (Å²) in [4.78, 5) is 22.0. The molecule has 1 N–H and O–H groups in total. The number of rotatable bonds is 9. The maximum absolute atomic E-state index is 12.2. The Bertz CT molecular complexity index is 2190. The van der Waals surface area contributed by atoms with Crippen molar-refractivity contribution in [2.75, 3.05) is 0 Å². The fourth-order valence-electron chi connectivity index (χ4n) is 6.44. The third-order valence-electron chi connectivity index (χ3n) is 10.8. The molecule has 0 amide bonds. The van der Waals surface area contributed by atoms with Crippen LogP contribution >= 0.6 is 0 Å². The molecular formula is C43H51IrN2O3Si-. The van der Waals surface area contributed by atoms with Gasteiger partial charge in [0.05, 0.1) is 19.2 Å². The third-order valence-corrected chi connectivity index (χ3v) is 12.8. The summed E-state index contributed by atoms with van der Waals surface area (Å²) < 4.78 is 6.31. The number of nitrogens with zero attached hydrogens (tertiary/aromatic N) is 2. The van der Waals surface area contributed by atoms with Crippen LogP contribution in [0.2, 0.25) is 19.6 Å². The molecule has 4 aromatic carbocycles. The molecule has 2 heterocycles. The van der Waals surface area contributed by atoms with Crippen molar-refractivity contribution < 1.29 is 34.4 Å². The number of hydrogen-bond acceptors (Lipinski definition) is 5. The van der Waals surface area contributed by atoms with Gasteiger partial charge >= 0.3 is 0 Å². The maximum atomic E-state index is 12.2. The van der Waals surface area contributed by atoms with Gasteiger partial charge in [0.15, 0.2) is 5.78 Å². The van der Waals surface area contributed by atoms with Crippen molar-refractivity contribution in [3.05, 3.63) is 90.5 Å². The van der Waals surface area contributed by atoms with E-state index in [1.54, 1.807) is 0 Å². The van der Waals surface area contributed by atoms with Crippen LogP contribution in [0.3, 0.4) is 0 Å². The first-order valence-corrected chi connectivity index (χ1v) is 21.2. The summed E-state index contributed by atoms with van der Waals surface area (Å²) >= 11 is 0. The molecule has 0 aliphatic carbocycles. The number of aromatic nitrogens is 2. The fraction of sp³-hybridized carbons (Fsp3) is 0.372. The molecular weight excluding hydrogens is 813 g/mol. The van der Waals surface area contributed by atoms with Crippen LogP contribution in [-0.2, 0) is 24.9 Å². The van der Waals surface area contributed by atoms with E-state index in [1.807, 2.05) is 72.7 Å². The molecule has 0 bridgehead atoms. The summed E-state index contributed by atoms with van der Waals surface area (Å²) in [6, 6.07) is 26.6. The number of benzene rings is 4. The van der Waals surface area contributed by atoms with Crippen LogP contribution in [-0.4, -0.2) is 28.9 Å². The predicted octanol–water partition coefficient (Wildman–Crippen LogP) is 11.7. The first kappa shape index (κ1) is 39.1. The summed E-state index contributed by atoms with van der Waals surface area (Å²) in [7, 11) is -1.58. The zero-order valence-electron chi connectivity index (χ0n) is 31.2. The second-order valence-electron chi connectivity index (χ2n) is 14.9. The molecule has 0 aliphatic heterocycles. The Hall–Kier alpha value is -3.64. The van der Waals surface area contributed by atoms with Crippen LogP contribution in [0.4, 0.5) is 0 Å². The van der Waals surface area contributed by atoms with Crippen molar-refractivity contribution in [3.8, 4) is 11.3 Å². The zero-order valence-corrected chi connectivity index (χ0v) is 34.6. The number of carbonyl (C=O) groups excluding carboxylic acids is 1. The number of fused-ring (bicyclic) bond motifs is 6. The minimum atomic E-state index is -1.58. The minimum Gasteiger partial charge on any atom is -0.512 e. The number of allylic oxidation sites excluding steroid dienone is 2. The molecule has 0 saturated heterocycles. The van der Waals surface area contributed by atoms with Crippen molar-refractivity contribution in [2.45, 2.75) is 93.8 Å². The molecule has 5 nitrogen and oxygen atoms in total. The van der Waals surface area contributed by atoms with E-state index in [9.17, 15) is 9.90 Å². The first-order chi connectivity index (χ1) is 23.2. The van der Waals surface area contributed by atoms with Crippen LogP contribution in [0.1, 0.15) is 73.1 Å². The molecule has 0 fully saturated rings. The van der Waals surface area contributed by atoms with Gasteiger partial charge < -0.3 is 9.52 Å². The molecule has 265 valence electrons. The number of aliphatic hydroxyl groups excluding tert-OH is 1. The standard InChI is InChI=1S/C28H23N2OSi.C15H28O2.Ir/c1-17-29-26(22-12-8-11-20-19-10-5-6-13-23(19)31-28(20)22)21-16-15-18-9-7-14-24(32(2,3)4)25(18)27(21)30-17;1-7-14(5,8-2)12(16)11-13(17)15(6,9-3)10-4;/h5-11,13-16H,1-4H3;11,16H,7-10H2,1-6H3;/q-1;;/b;12-11-;. The van der Waals surface area contributed by atoms with Gasteiger partial charge in [-0.3, -0.25) is 9.78 Å². The van der Waals surface area contributed by atoms with Crippen LogP contribution in [0.25, 0.3) is 54.9 Å². The molecule has 6 rings (SSSR count). The molecule has 0 spiro atoms. The van der Waals surface area contributed by atoms with Crippen LogP contribution < -0.4 is 5.19 Å². The van der Waals surface area contributed by atoms with Crippen molar-refractivity contribution >= 4 is 62.7 Å². The smallest absolute Gasteiger partial charge is 0.164 e. The Balaban J connectivity index is 0.000000269. The second kappa shape index (κ2) is 15.3. The molecule has 1 radical (unpaired) electrons. The summed E-state index contributed by atoms with van der Waals surface area (Å²) in [6.07, 6.45) is 4.75. The van der Waals surface area contributed by atoms with E-state index < -0.39 is 8.07 Å². The molecule has 7 heteroatoms. The maximum Gasteiger partial charge on any atom is 0.164 e. The topological polar surface area (TPSA) is 76.2 Å². The molecule has 50 heavy (non-hydrogen) atoms. The van der Waals surface area contributed by atoms with Crippen molar-refractivity contribution in [1.29, 1.82) is 0 Å². The molecule has 6 aromatic rings. The molecule has 0 saturated carbocycles. The van der Waals surface area contributed by atoms with E-state index >= 15 is 0 Å². The quantitative estimate of drug-likeness (QED) is 0.0515. The van der Waals surface area contributed by atoms with Gasteiger partial charge in [0.2, 0.25) is 0 Å². The summed E-state index contributed by atoms with van der Waals surface area (Å²) in [5.74, 6) is 1.04. The number of para-hydroxylation sites is 1. The van der Waals surface area contributed by atoms with Crippen molar-refractivity contribution in [2.24, 2.45) is 10.8 Å². The largest absolute Gasteiger partial charge is 0.512 e. The van der Waals surface area contributed by atoms with E-state index in [4.69, 9.17) is 14.4 Å². The van der Waals surface area contributed by atoms with E-state index in [0.29, 0.717) is 0 Å². The monoisotopic (exact) mass is 864 g/mol. The normalized spacial score (nSPS) is 12.6. The van der Waals surface area contributed by atoms with E-state index in [1.165, 1.54) is 22.0 Å². The van der Waals surface area contributed by atoms with Gasteiger partial charge in [-0.1, -0.05) is 126 Å². The average molecular weight is 864 g/mol. The van der Waals surface area contributed by atoms with Crippen LogP contribution in [0.5, 0.6) is 0 Å². The van der Waals surface area contributed by atoms with Gasteiger partial charge in [-0.15, -0.1) is 18.2 Å². The molecule has 0 aliphatic rings. The summed E-state index contributed by atoms with van der Waals surface area (Å²) in [5.41, 5.74) is 3.89. The number of aryl methyl sites for hydroxylation is 1. The van der Waals surface area contributed by atoms with E-state index in [2.05, 4.69) is 68.2 Å². The van der Waals surface area contributed by atoms with Gasteiger partial charge in [0, 0.05) is 53.5 Å². The minimum absolute atomic E-state index is 0. The van der Waals surface area contributed by atoms with Gasteiger partial charge in [-0.05, 0) is 49.4 Å². The molecule has 0 unspecified atom stereocenters. The number of hydrogen-bond donors (Lipinski definition) is 1. The average Bonchev–Trinajstić information content (AvgIpc) is 3.49. The number of aliphatic hydroxyl groups is 1. The Labute approximate surface area is 312 Å². The van der Waals surface area contributed by atoms with Crippen LogP contribution in [0.15, 0.2) is 83.0 Å². The Kier molecular flexibility index (Phi) is 12.0. The van der Waals surface area contributed by atoms with Crippen molar-refractivity contribution in [3.63, 3.8) is 0 Å². The second-order valence-corrected chi connectivity index (χ2v) is 19.9. The number of carbonyl (C=O) groups is 1. The van der Waals surface area contributed by atoms with E-state index in [0.717, 1.165) is 75.6 Å². The van der Waals surface area contributed by atoms with Crippen molar-refractivity contribution in [1.82, 2.24) is 9.97 Å². The van der Waals surface area contributed by atoms with E-state index in [-0.39, 0.29) is 42.5 Å². The Morgan fingerprint density at radius 2 is 1.50 bits per heavy atom. The van der Waals surface area contributed by atoms with Gasteiger partial charge in [-0.2, -0.15) is 0 Å². The van der Waals surface area contributed by atoms with Gasteiger partial charge in [-0.25, -0.2) is 4.98 Å². The zero-order chi connectivity index (χ0) is 35.7. The Morgan fingerprint density at radius 1 is 0.840 bits per heavy atom. The number of furan rings is 1. The summed E-state index contributed by atoms with van der Waals surface area (Å²) in [5, 5.41) is 17.3. The van der Waals surface area contributed by atoms with Crippen LogP contribution in [0, 0.1) is 23.8 Å². The summed E-state index contributed by atoms with van der Waals surface area (Å²) in [6.45, 7) is 21.2. The fourth-order valence-corrected chi connectivity index (χ4v) is 8.05. The third kappa shape index (κ3) is 7.37. The SMILES string of the molecule is CCC(C)(CC)C(=O)/C=C(\O)C(C)(CC)CC.Cc1nc(-c2[c-]ccc3c2oc2ccccc23)c2ccc3cccc([Si](C)(C)C)c3c2n1.[Ir]. The molecule has 0 atom stereocenters. The Morgan fingerprint density at radius 3 is 2.14 bits per heavy atom. The van der Waals surface area contributed by atoms with Gasteiger partial charge in [0.25, 0.3) is 0 Å². The predicted molar refractivity (Wildman–Crippen MR) is 209 cm³/mol. The molecule has 2 aromatic heterocycles.